The van der Waals surface area contributed by atoms with E-state index in [1.807, 2.05) is 12.1 Å². The Balaban J connectivity index is 2.24. The van der Waals surface area contributed by atoms with Crippen molar-refractivity contribution in [2.45, 2.75) is 32.6 Å². The van der Waals surface area contributed by atoms with Crippen LogP contribution in [0.25, 0.3) is 0 Å². The van der Waals surface area contributed by atoms with E-state index in [0.29, 0.717) is 5.92 Å². The number of Topliss-reactive ketones (excluding diaryl/α,β-unsaturated/α-hetero) is 1. The molecule has 1 aliphatic heterocycles. The molecular formula is C14H19NO. The van der Waals surface area contributed by atoms with Gasteiger partial charge >= 0.3 is 0 Å². The van der Waals surface area contributed by atoms with E-state index in [-0.39, 0.29) is 5.78 Å². The molecule has 0 saturated carbocycles. The number of nitrogens with one attached hydrogen (secondary N) is 1. The average molecular weight is 217 g/mol. The van der Waals surface area contributed by atoms with Gasteiger partial charge in [-0.2, -0.15) is 0 Å². The number of carbonyl (C=O) groups excluding carboxylic acids is 1. The first-order chi connectivity index (χ1) is 7.68. The summed E-state index contributed by atoms with van der Waals surface area (Å²) in [5.74, 6) is 0.821. The highest BCUT2D eigenvalue weighted by atomic mass is 16.1. The van der Waals surface area contributed by atoms with E-state index in [0.717, 1.165) is 18.7 Å². The molecule has 1 aromatic rings. The van der Waals surface area contributed by atoms with Crippen LogP contribution in [-0.2, 0) is 0 Å². The Labute approximate surface area is 97.1 Å². The highest BCUT2D eigenvalue weighted by Crippen LogP contribution is 2.28. The summed E-state index contributed by atoms with van der Waals surface area (Å²) in [6.45, 7) is 5.96. The van der Waals surface area contributed by atoms with Crippen molar-refractivity contribution in [3.63, 3.8) is 0 Å². The third kappa shape index (κ3) is 2.33. The Bertz CT molecular complexity index is 392. The van der Waals surface area contributed by atoms with Crippen LogP contribution in [0.15, 0.2) is 18.2 Å². The van der Waals surface area contributed by atoms with Gasteiger partial charge in [-0.3, -0.25) is 4.79 Å². The minimum Gasteiger partial charge on any atom is -0.317 e. The number of ketones is 1. The molecule has 2 heteroatoms. The van der Waals surface area contributed by atoms with Crippen molar-refractivity contribution in [1.29, 1.82) is 0 Å². The van der Waals surface area contributed by atoms with E-state index in [4.69, 9.17) is 0 Å². The third-order valence-corrected chi connectivity index (χ3v) is 3.46. The van der Waals surface area contributed by atoms with Crippen LogP contribution >= 0.6 is 0 Å². The Morgan fingerprint density at radius 2 is 2.00 bits per heavy atom. The Hall–Kier alpha value is -1.15. The lowest BCUT2D eigenvalue weighted by Crippen LogP contribution is -2.27. The number of benzene rings is 1. The fourth-order valence-electron chi connectivity index (χ4n) is 2.49. The molecule has 2 rings (SSSR count). The van der Waals surface area contributed by atoms with Gasteiger partial charge in [0.05, 0.1) is 0 Å². The normalized spacial score (nSPS) is 17.4. The van der Waals surface area contributed by atoms with Crippen LogP contribution in [0, 0.1) is 6.92 Å². The van der Waals surface area contributed by atoms with Gasteiger partial charge < -0.3 is 5.32 Å². The zero-order valence-electron chi connectivity index (χ0n) is 10.0. The number of piperidine rings is 1. The van der Waals surface area contributed by atoms with E-state index in [1.54, 1.807) is 6.92 Å². The minimum atomic E-state index is 0.153. The van der Waals surface area contributed by atoms with Crippen molar-refractivity contribution in [2.24, 2.45) is 0 Å². The summed E-state index contributed by atoms with van der Waals surface area (Å²) in [6, 6.07) is 6.13. The van der Waals surface area contributed by atoms with E-state index in [1.165, 1.54) is 24.0 Å². The molecule has 1 heterocycles. The maximum atomic E-state index is 11.3. The van der Waals surface area contributed by atoms with Crippen LogP contribution in [0.3, 0.4) is 0 Å². The van der Waals surface area contributed by atoms with Crippen molar-refractivity contribution in [3.05, 3.63) is 34.9 Å². The first-order valence-electron chi connectivity index (χ1n) is 6.00. The number of hydrogen-bond donors (Lipinski definition) is 1. The van der Waals surface area contributed by atoms with Crippen LogP contribution in [-0.4, -0.2) is 18.9 Å². The second kappa shape index (κ2) is 4.79. The first-order valence-corrected chi connectivity index (χ1v) is 6.00. The van der Waals surface area contributed by atoms with Gasteiger partial charge in [0.2, 0.25) is 0 Å². The second-order valence-corrected chi connectivity index (χ2v) is 4.65. The fraction of sp³-hybridized carbons (Fsp3) is 0.500. The Morgan fingerprint density at radius 3 is 2.56 bits per heavy atom. The lowest BCUT2D eigenvalue weighted by molar-refractivity contribution is 0.101. The standard InChI is InChI=1S/C14H19NO/c1-10-9-13(11(2)16)3-4-14(10)12-5-7-15-8-6-12/h3-4,9,12,15H,5-8H2,1-2H3. The predicted octanol–water partition coefficient (Wildman–Crippen LogP) is 2.66. The van der Waals surface area contributed by atoms with E-state index < -0.39 is 0 Å². The largest absolute Gasteiger partial charge is 0.317 e. The molecule has 0 amide bonds. The molecule has 0 atom stereocenters. The average Bonchev–Trinajstić information content (AvgIpc) is 2.30. The minimum absolute atomic E-state index is 0.153. The van der Waals surface area contributed by atoms with Crippen molar-refractivity contribution < 1.29 is 4.79 Å². The summed E-state index contributed by atoms with van der Waals surface area (Å²) in [6.07, 6.45) is 2.42. The van der Waals surface area contributed by atoms with Gasteiger partial charge in [0.15, 0.2) is 5.78 Å². The molecule has 0 unspecified atom stereocenters. The first kappa shape index (κ1) is 11.3. The van der Waals surface area contributed by atoms with Crippen molar-refractivity contribution in [2.75, 3.05) is 13.1 Å². The summed E-state index contributed by atoms with van der Waals surface area (Å²) in [5.41, 5.74) is 3.52. The molecular weight excluding hydrogens is 198 g/mol. The molecule has 1 N–H and O–H groups in total. The van der Waals surface area contributed by atoms with Gasteiger partial charge in [0.25, 0.3) is 0 Å². The van der Waals surface area contributed by atoms with Gasteiger partial charge in [0, 0.05) is 5.56 Å². The van der Waals surface area contributed by atoms with Crippen LogP contribution in [0.1, 0.15) is 47.2 Å². The Morgan fingerprint density at radius 1 is 1.31 bits per heavy atom. The van der Waals surface area contributed by atoms with Gasteiger partial charge in [-0.25, -0.2) is 0 Å². The van der Waals surface area contributed by atoms with Crippen LogP contribution in [0.5, 0.6) is 0 Å². The van der Waals surface area contributed by atoms with E-state index in [2.05, 4.69) is 18.3 Å². The molecule has 0 aromatic heterocycles. The van der Waals surface area contributed by atoms with Crippen molar-refractivity contribution in [3.8, 4) is 0 Å². The maximum absolute atomic E-state index is 11.3. The van der Waals surface area contributed by atoms with Crippen LogP contribution < -0.4 is 5.32 Å². The molecule has 0 spiro atoms. The van der Waals surface area contributed by atoms with E-state index >= 15 is 0 Å². The number of hydrogen-bond acceptors (Lipinski definition) is 2. The highest BCUT2D eigenvalue weighted by molar-refractivity contribution is 5.94. The summed E-state index contributed by atoms with van der Waals surface area (Å²) in [7, 11) is 0. The SMILES string of the molecule is CC(=O)c1ccc(C2CCNCC2)c(C)c1. The molecule has 1 aromatic carbocycles. The topological polar surface area (TPSA) is 29.1 Å². The second-order valence-electron chi connectivity index (χ2n) is 4.65. The predicted molar refractivity (Wildman–Crippen MR) is 66.0 cm³/mol. The number of aryl methyl sites for hydroxylation is 1. The molecule has 1 saturated heterocycles. The number of rotatable bonds is 2. The fourth-order valence-corrected chi connectivity index (χ4v) is 2.49. The smallest absolute Gasteiger partial charge is 0.159 e. The Kier molecular flexibility index (Phi) is 3.39. The van der Waals surface area contributed by atoms with E-state index in [9.17, 15) is 4.79 Å². The third-order valence-electron chi connectivity index (χ3n) is 3.46. The summed E-state index contributed by atoms with van der Waals surface area (Å²) < 4.78 is 0. The molecule has 1 aliphatic rings. The molecule has 86 valence electrons. The highest BCUT2D eigenvalue weighted by Gasteiger charge is 2.17. The molecule has 2 nitrogen and oxygen atoms in total. The molecule has 0 aliphatic carbocycles. The zero-order valence-corrected chi connectivity index (χ0v) is 10.0. The molecule has 1 fully saturated rings. The molecule has 0 radical (unpaired) electrons. The summed E-state index contributed by atoms with van der Waals surface area (Å²) >= 11 is 0. The van der Waals surface area contributed by atoms with Gasteiger partial charge in [-0.05, 0) is 62.9 Å². The number of carbonyl (C=O) groups is 1. The lowest BCUT2D eigenvalue weighted by atomic mass is 9.86. The van der Waals surface area contributed by atoms with Gasteiger partial charge in [-0.1, -0.05) is 12.1 Å². The van der Waals surface area contributed by atoms with Crippen molar-refractivity contribution in [1.82, 2.24) is 5.32 Å². The zero-order chi connectivity index (χ0) is 11.5. The molecule has 16 heavy (non-hydrogen) atoms. The summed E-state index contributed by atoms with van der Waals surface area (Å²) in [5, 5.41) is 3.38. The summed E-state index contributed by atoms with van der Waals surface area (Å²) in [4.78, 5) is 11.3. The van der Waals surface area contributed by atoms with Crippen LogP contribution in [0.4, 0.5) is 0 Å². The monoisotopic (exact) mass is 217 g/mol. The molecule has 0 bridgehead atoms. The maximum Gasteiger partial charge on any atom is 0.159 e. The quantitative estimate of drug-likeness (QED) is 0.772. The lowest BCUT2D eigenvalue weighted by Gasteiger charge is -2.24. The van der Waals surface area contributed by atoms with Gasteiger partial charge in [0.1, 0.15) is 0 Å². The van der Waals surface area contributed by atoms with Crippen LogP contribution in [0.2, 0.25) is 0 Å². The van der Waals surface area contributed by atoms with Crippen molar-refractivity contribution >= 4 is 5.78 Å². The van der Waals surface area contributed by atoms with Gasteiger partial charge in [-0.15, -0.1) is 0 Å².